The summed E-state index contributed by atoms with van der Waals surface area (Å²) in [5.41, 5.74) is 1.24. The minimum atomic E-state index is -0.0435. The van der Waals surface area contributed by atoms with Crippen LogP contribution in [0.2, 0.25) is 0 Å². The van der Waals surface area contributed by atoms with Crippen LogP contribution in [0, 0.1) is 0 Å². The monoisotopic (exact) mass is 330 g/mol. The fourth-order valence-corrected chi connectivity index (χ4v) is 3.39. The number of ether oxygens (including phenoxy) is 2. The highest BCUT2D eigenvalue weighted by molar-refractivity contribution is 6.02. The smallest absolute Gasteiger partial charge is 0.240 e. The summed E-state index contributed by atoms with van der Waals surface area (Å²) < 4.78 is 12.5. The van der Waals surface area contributed by atoms with Crippen LogP contribution in [0.1, 0.15) is 36.0 Å². The molecule has 1 heterocycles. The molecule has 0 saturated heterocycles. The second-order valence-corrected chi connectivity index (χ2v) is 6.10. The van der Waals surface area contributed by atoms with Crippen LogP contribution >= 0.6 is 0 Å². The van der Waals surface area contributed by atoms with Crippen LogP contribution in [0.3, 0.4) is 0 Å². The lowest BCUT2D eigenvalue weighted by atomic mass is 10.1. The van der Waals surface area contributed by atoms with Crippen molar-refractivity contribution < 1.29 is 19.1 Å². The van der Waals surface area contributed by atoms with Crippen molar-refractivity contribution in [2.75, 3.05) is 14.2 Å². The summed E-state index contributed by atoms with van der Waals surface area (Å²) in [4.78, 5) is 23.8. The average molecular weight is 330 g/mol. The Labute approximate surface area is 140 Å². The minimum Gasteiger partial charge on any atom is -0.497 e. The molecule has 1 fully saturated rings. The first-order valence-corrected chi connectivity index (χ1v) is 8.15. The normalized spacial score (nSPS) is 14.8. The van der Waals surface area contributed by atoms with Crippen molar-refractivity contribution in [3.8, 4) is 11.5 Å². The molecule has 3 rings (SSSR count). The van der Waals surface area contributed by atoms with Gasteiger partial charge < -0.3 is 19.4 Å². The van der Waals surface area contributed by atoms with E-state index in [0.29, 0.717) is 22.4 Å². The largest absolute Gasteiger partial charge is 0.497 e. The molecule has 1 aliphatic carbocycles. The van der Waals surface area contributed by atoms with E-state index in [9.17, 15) is 9.59 Å². The molecular weight excluding hydrogens is 308 g/mol. The molecule has 0 aliphatic heterocycles. The van der Waals surface area contributed by atoms with E-state index < -0.39 is 0 Å². The van der Waals surface area contributed by atoms with Crippen LogP contribution < -0.4 is 14.8 Å². The van der Waals surface area contributed by atoms with Crippen LogP contribution in [-0.2, 0) is 11.3 Å². The number of aldehydes is 1. The number of carbonyl (C=O) groups excluding carboxylic acids is 2. The molecule has 2 aromatic rings. The van der Waals surface area contributed by atoms with Crippen LogP contribution in [-0.4, -0.2) is 37.0 Å². The summed E-state index contributed by atoms with van der Waals surface area (Å²) in [5, 5.41) is 3.76. The molecule has 6 heteroatoms. The SMILES string of the molecule is COc1cc(OC)c2c(C=O)cn(CC(=O)NC3CCCC3)c2c1. The van der Waals surface area contributed by atoms with Gasteiger partial charge in [0.25, 0.3) is 0 Å². The number of rotatable bonds is 6. The molecule has 1 N–H and O–H groups in total. The Balaban J connectivity index is 1.94. The van der Waals surface area contributed by atoms with E-state index >= 15 is 0 Å². The van der Waals surface area contributed by atoms with E-state index in [4.69, 9.17) is 9.47 Å². The lowest BCUT2D eigenvalue weighted by molar-refractivity contribution is -0.122. The molecule has 1 aliphatic rings. The van der Waals surface area contributed by atoms with Crippen LogP contribution in [0.4, 0.5) is 0 Å². The number of carbonyl (C=O) groups is 2. The van der Waals surface area contributed by atoms with E-state index in [1.165, 1.54) is 12.8 Å². The Morgan fingerprint density at radius 3 is 2.67 bits per heavy atom. The zero-order valence-electron chi connectivity index (χ0n) is 14.0. The molecule has 0 bridgehead atoms. The van der Waals surface area contributed by atoms with Gasteiger partial charge in [-0.1, -0.05) is 12.8 Å². The summed E-state index contributed by atoms with van der Waals surface area (Å²) in [6.45, 7) is 0.164. The highest BCUT2D eigenvalue weighted by atomic mass is 16.5. The Kier molecular flexibility index (Phi) is 4.74. The number of hydrogen-bond acceptors (Lipinski definition) is 4. The maximum absolute atomic E-state index is 12.3. The second-order valence-electron chi connectivity index (χ2n) is 6.10. The number of methoxy groups -OCH3 is 2. The fraction of sp³-hybridized carbons (Fsp3) is 0.444. The van der Waals surface area contributed by atoms with Crippen molar-refractivity contribution in [2.24, 2.45) is 0 Å². The molecule has 128 valence electrons. The molecule has 1 saturated carbocycles. The van der Waals surface area contributed by atoms with E-state index in [2.05, 4.69) is 5.32 Å². The van der Waals surface area contributed by atoms with Gasteiger partial charge in [-0.3, -0.25) is 9.59 Å². The molecule has 0 radical (unpaired) electrons. The third kappa shape index (κ3) is 3.09. The summed E-state index contributed by atoms with van der Waals surface area (Å²) in [6, 6.07) is 3.82. The average Bonchev–Trinajstić information content (AvgIpc) is 3.22. The molecule has 1 aromatic heterocycles. The first-order chi connectivity index (χ1) is 11.7. The lowest BCUT2D eigenvalue weighted by Crippen LogP contribution is -2.35. The maximum Gasteiger partial charge on any atom is 0.240 e. The highest BCUT2D eigenvalue weighted by Gasteiger charge is 2.19. The molecule has 0 spiro atoms. The van der Waals surface area contributed by atoms with Gasteiger partial charge in [0, 0.05) is 29.9 Å². The molecule has 6 nitrogen and oxygen atoms in total. The number of fused-ring (bicyclic) bond motifs is 1. The van der Waals surface area contributed by atoms with Gasteiger partial charge in [-0.05, 0) is 12.8 Å². The van der Waals surface area contributed by atoms with Crippen molar-refractivity contribution >= 4 is 23.1 Å². The minimum absolute atomic E-state index is 0.0435. The standard InChI is InChI=1S/C18H22N2O4/c1-23-14-7-15-18(16(8-14)24-2)12(11-21)9-20(15)10-17(22)19-13-5-3-4-6-13/h7-9,11,13H,3-6,10H2,1-2H3,(H,19,22). The first kappa shape index (κ1) is 16.4. The highest BCUT2D eigenvalue weighted by Crippen LogP contribution is 2.34. The van der Waals surface area contributed by atoms with Crippen molar-refractivity contribution in [2.45, 2.75) is 38.3 Å². The Bertz CT molecular complexity index is 760. The Morgan fingerprint density at radius 1 is 1.29 bits per heavy atom. The number of nitrogens with zero attached hydrogens (tertiary/aromatic N) is 1. The summed E-state index contributed by atoms with van der Waals surface area (Å²) in [6.07, 6.45) is 6.89. The van der Waals surface area contributed by atoms with Gasteiger partial charge in [-0.25, -0.2) is 0 Å². The van der Waals surface area contributed by atoms with E-state index in [0.717, 1.165) is 24.6 Å². The number of nitrogens with one attached hydrogen (secondary N) is 1. The molecule has 0 atom stereocenters. The van der Waals surface area contributed by atoms with Gasteiger partial charge in [0.05, 0.1) is 25.1 Å². The van der Waals surface area contributed by atoms with Crippen LogP contribution in [0.15, 0.2) is 18.3 Å². The molecule has 1 amide bonds. The molecule has 0 unspecified atom stereocenters. The zero-order chi connectivity index (χ0) is 17.1. The van der Waals surface area contributed by atoms with Crippen molar-refractivity contribution in [1.82, 2.24) is 9.88 Å². The van der Waals surface area contributed by atoms with Crippen molar-refractivity contribution in [1.29, 1.82) is 0 Å². The number of hydrogen-bond donors (Lipinski definition) is 1. The van der Waals surface area contributed by atoms with Gasteiger partial charge in [0.1, 0.15) is 18.0 Å². The Hall–Kier alpha value is -2.50. The number of benzene rings is 1. The molecule has 1 aromatic carbocycles. The first-order valence-electron chi connectivity index (χ1n) is 8.15. The second kappa shape index (κ2) is 6.95. The summed E-state index contributed by atoms with van der Waals surface area (Å²) in [5.74, 6) is 1.13. The van der Waals surface area contributed by atoms with Gasteiger partial charge >= 0.3 is 0 Å². The van der Waals surface area contributed by atoms with E-state index in [1.54, 1.807) is 31.0 Å². The Morgan fingerprint density at radius 2 is 2.04 bits per heavy atom. The van der Waals surface area contributed by atoms with Gasteiger partial charge in [-0.2, -0.15) is 0 Å². The van der Waals surface area contributed by atoms with Gasteiger partial charge in [0.2, 0.25) is 5.91 Å². The predicted molar refractivity (Wildman–Crippen MR) is 90.8 cm³/mol. The predicted octanol–water partition coefficient (Wildman–Crippen LogP) is 2.53. The van der Waals surface area contributed by atoms with Crippen molar-refractivity contribution in [3.63, 3.8) is 0 Å². The molecule has 24 heavy (non-hydrogen) atoms. The maximum atomic E-state index is 12.3. The fourth-order valence-electron chi connectivity index (χ4n) is 3.39. The number of aromatic nitrogens is 1. The van der Waals surface area contributed by atoms with E-state index in [1.807, 2.05) is 6.07 Å². The summed E-state index contributed by atoms with van der Waals surface area (Å²) in [7, 11) is 3.12. The zero-order valence-corrected chi connectivity index (χ0v) is 14.0. The summed E-state index contributed by atoms with van der Waals surface area (Å²) >= 11 is 0. The van der Waals surface area contributed by atoms with Crippen molar-refractivity contribution in [3.05, 3.63) is 23.9 Å². The van der Waals surface area contributed by atoms with Gasteiger partial charge in [0.15, 0.2) is 6.29 Å². The number of amides is 1. The third-order valence-electron chi connectivity index (χ3n) is 4.56. The van der Waals surface area contributed by atoms with E-state index in [-0.39, 0.29) is 18.5 Å². The lowest BCUT2D eigenvalue weighted by Gasteiger charge is -2.13. The van der Waals surface area contributed by atoms with Crippen LogP contribution in [0.25, 0.3) is 10.9 Å². The van der Waals surface area contributed by atoms with Crippen LogP contribution in [0.5, 0.6) is 11.5 Å². The quantitative estimate of drug-likeness (QED) is 0.826. The topological polar surface area (TPSA) is 69.6 Å². The van der Waals surface area contributed by atoms with Gasteiger partial charge in [-0.15, -0.1) is 0 Å². The molecular formula is C18H22N2O4. The third-order valence-corrected chi connectivity index (χ3v) is 4.56.